The van der Waals surface area contributed by atoms with Crippen LogP contribution in [0, 0.1) is 5.92 Å². The highest BCUT2D eigenvalue weighted by Crippen LogP contribution is 2.12. The maximum atomic E-state index is 11.4. The molecule has 0 spiro atoms. The minimum atomic E-state index is -0.436. The Morgan fingerprint density at radius 1 is 1.33 bits per heavy atom. The Morgan fingerprint density at radius 2 is 1.87 bits per heavy atom. The first-order valence-corrected chi connectivity index (χ1v) is 5.73. The van der Waals surface area contributed by atoms with E-state index in [1.54, 1.807) is 11.9 Å². The van der Waals surface area contributed by atoms with Gasteiger partial charge in [-0.2, -0.15) is 0 Å². The number of aliphatic hydroxyl groups excluding tert-OH is 1. The van der Waals surface area contributed by atoms with Gasteiger partial charge in [0.2, 0.25) is 0 Å². The minimum Gasteiger partial charge on any atom is -0.391 e. The van der Waals surface area contributed by atoms with Crippen molar-refractivity contribution in [3.63, 3.8) is 0 Å². The maximum Gasteiger partial charge on any atom is 0.317 e. The van der Waals surface area contributed by atoms with Crippen LogP contribution in [0.4, 0.5) is 4.79 Å². The van der Waals surface area contributed by atoms with Gasteiger partial charge in [-0.15, -0.1) is 0 Å². The van der Waals surface area contributed by atoms with E-state index in [9.17, 15) is 9.90 Å². The lowest BCUT2D eigenvalue weighted by Gasteiger charge is -2.22. The molecule has 2 N–H and O–H groups in total. The second kappa shape index (κ2) is 7.51. The van der Waals surface area contributed by atoms with Gasteiger partial charge in [0.05, 0.1) is 6.10 Å². The highest BCUT2D eigenvalue weighted by atomic mass is 16.3. The predicted molar refractivity (Wildman–Crippen MR) is 61.8 cm³/mol. The fourth-order valence-corrected chi connectivity index (χ4v) is 1.47. The lowest BCUT2D eigenvalue weighted by Crippen LogP contribution is -2.42. The topological polar surface area (TPSA) is 52.6 Å². The van der Waals surface area contributed by atoms with E-state index in [0.717, 1.165) is 12.8 Å². The van der Waals surface area contributed by atoms with Crippen LogP contribution in [0.25, 0.3) is 0 Å². The summed E-state index contributed by atoms with van der Waals surface area (Å²) >= 11 is 0. The molecule has 0 heterocycles. The van der Waals surface area contributed by atoms with Crippen molar-refractivity contribution >= 4 is 6.03 Å². The van der Waals surface area contributed by atoms with Gasteiger partial charge in [0.25, 0.3) is 0 Å². The summed E-state index contributed by atoms with van der Waals surface area (Å²) in [5, 5.41) is 12.5. The molecule has 4 heteroatoms. The quantitative estimate of drug-likeness (QED) is 0.706. The molecule has 0 radical (unpaired) electrons. The molecule has 0 saturated carbocycles. The molecule has 0 rings (SSSR count). The largest absolute Gasteiger partial charge is 0.391 e. The van der Waals surface area contributed by atoms with Crippen molar-refractivity contribution < 1.29 is 9.90 Å². The Hall–Kier alpha value is -0.770. The van der Waals surface area contributed by atoms with E-state index in [-0.39, 0.29) is 11.9 Å². The van der Waals surface area contributed by atoms with Crippen molar-refractivity contribution in [2.75, 3.05) is 20.1 Å². The SMILES string of the molecule is CCC(CC)C(O)CNC(=O)N(C)CC. The Bertz CT molecular complexity index is 181. The zero-order valence-electron chi connectivity index (χ0n) is 10.3. The third-order valence-electron chi connectivity index (χ3n) is 2.88. The van der Waals surface area contributed by atoms with Gasteiger partial charge in [0, 0.05) is 20.1 Å². The fourth-order valence-electron chi connectivity index (χ4n) is 1.47. The summed E-state index contributed by atoms with van der Waals surface area (Å²) in [6, 6.07) is -0.123. The first-order chi connectivity index (χ1) is 7.06. The molecule has 0 fully saturated rings. The first-order valence-electron chi connectivity index (χ1n) is 5.73. The predicted octanol–water partition coefficient (Wildman–Crippen LogP) is 1.44. The molecule has 1 atom stereocenters. The molecule has 0 aromatic heterocycles. The van der Waals surface area contributed by atoms with E-state index in [4.69, 9.17) is 0 Å². The lowest BCUT2D eigenvalue weighted by molar-refractivity contribution is 0.101. The number of nitrogens with one attached hydrogen (secondary N) is 1. The van der Waals surface area contributed by atoms with E-state index in [1.165, 1.54) is 0 Å². The smallest absolute Gasteiger partial charge is 0.317 e. The third kappa shape index (κ3) is 5.02. The van der Waals surface area contributed by atoms with Crippen LogP contribution in [-0.4, -0.2) is 42.3 Å². The van der Waals surface area contributed by atoms with E-state index in [2.05, 4.69) is 19.2 Å². The number of carbonyl (C=O) groups is 1. The van der Waals surface area contributed by atoms with Crippen LogP contribution in [0.5, 0.6) is 0 Å². The van der Waals surface area contributed by atoms with Crippen molar-refractivity contribution in [1.29, 1.82) is 0 Å². The first kappa shape index (κ1) is 14.2. The van der Waals surface area contributed by atoms with Crippen LogP contribution < -0.4 is 5.32 Å². The van der Waals surface area contributed by atoms with Crippen molar-refractivity contribution in [3.8, 4) is 0 Å². The van der Waals surface area contributed by atoms with Gasteiger partial charge in [-0.25, -0.2) is 4.79 Å². The standard InChI is InChI=1S/C11H24N2O2/c1-5-9(6-2)10(14)8-12-11(15)13(4)7-3/h9-10,14H,5-8H2,1-4H3,(H,12,15). The van der Waals surface area contributed by atoms with E-state index < -0.39 is 6.10 Å². The molecule has 0 aliphatic rings. The Labute approximate surface area is 92.7 Å². The Balaban J connectivity index is 3.88. The van der Waals surface area contributed by atoms with Crippen molar-refractivity contribution in [1.82, 2.24) is 10.2 Å². The Morgan fingerprint density at radius 3 is 2.27 bits per heavy atom. The zero-order chi connectivity index (χ0) is 11.8. The summed E-state index contributed by atoms with van der Waals surface area (Å²) in [5.41, 5.74) is 0. The van der Waals surface area contributed by atoms with Crippen LogP contribution in [0.3, 0.4) is 0 Å². The lowest BCUT2D eigenvalue weighted by atomic mass is 9.97. The molecule has 1 unspecified atom stereocenters. The summed E-state index contributed by atoms with van der Waals surface area (Å²) in [4.78, 5) is 13.0. The van der Waals surface area contributed by atoms with Gasteiger partial charge < -0.3 is 15.3 Å². The number of rotatable bonds is 6. The van der Waals surface area contributed by atoms with Gasteiger partial charge in [-0.05, 0) is 12.8 Å². The summed E-state index contributed by atoms with van der Waals surface area (Å²) in [6.07, 6.45) is 1.45. The molecule has 0 aromatic carbocycles. The van der Waals surface area contributed by atoms with Crippen molar-refractivity contribution in [2.45, 2.75) is 39.7 Å². The molecule has 4 nitrogen and oxygen atoms in total. The number of hydrogen-bond donors (Lipinski definition) is 2. The zero-order valence-corrected chi connectivity index (χ0v) is 10.3. The van der Waals surface area contributed by atoms with Crippen LogP contribution in [0.2, 0.25) is 0 Å². The molecule has 0 saturated heterocycles. The average molecular weight is 216 g/mol. The summed E-state index contributed by atoms with van der Waals surface area (Å²) in [7, 11) is 1.73. The van der Waals surface area contributed by atoms with Gasteiger partial charge in [0.15, 0.2) is 0 Å². The van der Waals surface area contributed by atoms with E-state index in [1.807, 2.05) is 6.92 Å². The number of nitrogens with zero attached hydrogens (tertiary/aromatic N) is 1. The monoisotopic (exact) mass is 216 g/mol. The highest BCUT2D eigenvalue weighted by molar-refractivity contribution is 5.73. The van der Waals surface area contributed by atoms with E-state index >= 15 is 0 Å². The number of hydrogen-bond acceptors (Lipinski definition) is 2. The van der Waals surface area contributed by atoms with Crippen LogP contribution >= 0.6 is 0 Å². The van der Waals surface area contributed by atoms with Crippen LogP contribution in [0.15, 0.2) is 0 Å². The fraction of sp³-hybridized carbons (Fsp3) is 0.909. The minimum absolute atomic E-state index is 0.123. The van der Waals surface area contributed by atoms with Crippen LogP contribution in [0.1, 0.15) is 33.6 Å². The molecule has 15 heavy (non-hydrogen) atoms. The molecule has 0 bridgehead atoms. The highest BCUT2D eigenvalue weighted by Gasteiger charge is 2.16. The van der Waals surface area contributed by atoms with Gasteiger partial charge in [-0.1, -0.05) is 26.7 Å². The number of aliphatic hydroxyl groups is 1. The van der Waals surface area contributed by atoms with Gasteiger partial charge in [-0.3, -0.25) is 0 Å². The molecule has 2 amide bonds. The van der Waals surface area contributed by atoms with Gasteiger partial charge >= 0.3 is 6.03 Å². The summed E-state index contributed by atoms with van der Waals surface area (Å²) in [5.74, 6) is 0.275. The molecule has 0 aliphatic heterocycles. The number of carbonyl (C=O) groups excluding carboxylic acids is 1. The average Bonchev–Trinajstić information content (AvgIpc) is 2.26. The second-order valence-electron chi connectivity index (χ2n) is 3.84. The van der Waals surface area contributed by atoms with E-state index in [0.29, 0.717) is 13.1 Å². The maximum absolute atomic E-state index is 11.4. The summed E-state index contributed by atoms with van der Waals surface area (Å²) in [6.45, 7) is 7.04. The summed E-state index contributed by atoms with van der Waals surface area (Å²) < 4.78 is 0. The van der Waals surface area contributed by atoms with Gasteiger partial charge in [0.1, 0.15) is 0 Å². The number of amides is 2. The third-order valence-corrected chi connectivity index (χ3v) is 2.88. The molecule has 90 valence electrons. The Kier molecular flexibility index (Phi) is 7.13. The molecular weight excluding hydrogens is 192 g/mol. The molecule has 0 aliphatic carbocycles. The molecular formula is C11H24N2O2. The molecule has 0 aromatic rings. The normalized spacial score (nSPS) is 12.7. The van der Waals surface area contributed by atoms with Crippen molar-refractivity contribution in [3.05, 3.63) is 0 Å². The number of urea groups is 1. The van der Waals surface area contributed by atoms with Crippen molar-refractivity contribution in [2.24, 2.45) is 5.92 Å². The second-order valence-corrected chi connectivity index (χ2v) is 3.84. The van der Waals surface area contributed by atoms with Crippen LogP contribution in [-0.2, 0) is 0 Å².